The lowest BCUT2D eigenvalue weighted by Crippen LogP contribution is -2.41. The van der Waals surface area contributed by atoms with Gasteiger partial charge < -0.3 is 10.2 Å². The van der Waals surface area contributed by atoms with Gasteiger partial charge in [0.2, 0.25) is 5.91 Å². The largest absolute Gasteiger partial charge is 0.339 e. The van der Waals surface area contributed by atoms with Crippen LogP contribution in [-0.2, 0) is 4.79 Å². The van der Waals surface area contributed by atoms with E-state index < -0.39 is 4.92 Å². The normalized spacial score (nSPS) is 14.7. The molecule has 134 valence electrons. The van der Waals surface area contributed by atoms with Crippen molar-refractivity contribution >= 4 is 23.2 Å². The number of para-hydroxylation sites is 1. The molecule has 1 saturated heterocycles. The number of amides is 2. The lowest BCUT2D eigenvalue weighted by molar-refractivity contribution is -0.384. The Morgan fingerprint density at radius 3 is 2.38 bits per heavy atom. The smallest absolute Gasteiger partial charge is 0.270 e. The second-order valence-corrected chi connectivity index (χ2v) is 6.23. The van der Waals surface area contributed by atoms with E-state index in [1.165, 1.54) is 18.2 Å². The number of carbonyl (C=O) groups is 2. The van der Waals surface area contributed by atoms with Crippen LogP contribution in [-0.4, -0.2) is 34.7 Å². The number of likely N-dealkylation sites (tertiary alicyclic amines) is 1. The monoisotopic (exact) mass is 353 g/mol. The van der Waals surface area contributed by atoms with Crippen molar-refractivity contribution in [2.24, 2.45) is 5.92 Å². The molecule has 0 spiro atoms. The predicted molar refractivity (Wildman–Crippen MR) is 96.8 cm³/mol. The van der Waals surface area contributed by atoms with Gasteiger partial charge in [0.1, 0.15) is 0 Å². The minimum atomic E-state index is -0.517. The maximum Gasteiger partial charge on any atom is 0.270 e. The van der Waals surface area contributed by atoms with Crippen LogP contribution in [0.25, 0.3) is 0 Å². The summed E-state index contributed by atoms with van der Waals surface area (Å²) in [6, 6.07) is 15.0. The van der Waals surface area contributed by atoms with Crippen molar-refractivity contribution in [2.45, 2.75) is 12.8 Å². The molecule has 0 atom stereocenters. The summed E-state index contributed by atoms with van der Waals surface area (Å²) in [4.78, 5) is 36.9. The third-order valence-corrected chi connectivity index (χ3v) is 4.50. The van der Waals surface area contributed by atoms with Gasteiger partial charge in [0.05, 0.1) is 4.92 Å². The summed E-state index contributed by atoms with van der Waals surface area (Å²) in [5.74, 6) is -0.432. The van der Waals surface area contributed by atoms with Crippen LogP contribution in [0.1, 0.15) is 23.2 Å². The number of piperidine rings is 1. The fourth-order valence-corrected chi connectivity index (χ4v) is 3.05. The Balaban J connectivity index is 1.58. The maximum atomic E-state index is 12.5. The molecule has 0 aliphatic carbocycles. The second-order valence-electron chi connectivity index (χ2n) is 6.23. The Bertz CT molecular complexity index is 815. The molecule has 1 fully saturated rings. The molecule has 0 saturated carbocycles. The van der Waals surface area contributed by atoms with Crippen LogP contribution in [0.5, 0.6) is 0 Å². The number of nitrogens with one attached hydrogen (secondary N) is 1. The molecule has 2 aromatic rings. The van der Waals surface area contributed by atoms with Crippen LogP contribution >= 0.6 is 0 Å². The predicted octanol–water partition coefficient (Wildman–Crippen LogP) is 3.09. The van der Waals surface area contributed by atoms with Crippen LogP contribution in [0.4, 0.5) is 11.4 Å². The van der Waals surface area contributed by atoms with E-state index in [1.807, 2.05) is 30.3 Å². The number of non-ortho nitro benzene ring substituents is 1. The Labute approximate surface area is 150 Å². The van der Waals surface area contributed by atoms with Crippen LogP contribution in [0.2, 0.25) is 0 Å². The molecule has 1 aliphatic heterocycles. The molecule has 2 aromatic carbocycles. The highest BCUT2D eigenvalue weighted by Crippen LogP contribution is 2.22. The number of nitro groups is 1. The van der Waals surface area contributed by atoms with E-state index in [1.54, 1.807) is 11.0 Å². The van der Waals surface area contributed by atoms with Gasteiger partial charge in [-0.25, -0.2) is 0 Å². The number of anilines is 1. The Hall–Kier alpha value is -3.22. The van der Waals surface area contributed by atoms with E-state index in [9.17, 15) is 19.7 Å². The summed E-state index contributed by atoms with van der Waals surface area (Å²) >= 11 is 0. The molecule has 7 heteroatoms. The zero-order valence-electron chi connectivity index (χ0n) is 14.1. The Morgan fingerprint density at radius 1 is 1.04 bits per heavy atom. The average Bonchev–Trinajstić information content (AvgIpc) is 2.68. The topological polar surface area (TPSA) is 92.6 Å². The summed E-state index contributed by atoms with van der Waals surface area (Å²) in [6.45, 7) is 0.906. The van der Waals surface area contributed by atoms with E-state index in [2.05, 4.69) is 5.32 Å². The van der Waals surface area contributed by atoms with Crippen molar-refractivity contribution in [3.05, 3.63) is 70.3 Å². The zero-order valence-corrected chi connectivity index (χ0v) is 14.1. The molecule has 0 aromatic heterocycles. The van der Waals surface area contributed by atoms with E-state index in [0.717, 1.165) is 5.69 Å². The molecule has 0 radical (unpaired) electrons. The average molecular weight is 353 g/mol. The SMILES string of the molecule is O=C(Nc1ccccc1)C1CCN(C(=O)c2cccc([N+](=O)[O-])c2)CC1. The lowest BCUT2D eigenvalue weighted by atomic mass is 9.95. The summed E-state index contributed by atoms with van der Waals surface area (Å²) in [5.41, 5.74) is 0.951. The first kappa shape index (κ1) is 17.6. The number of benzene rings is 2. The maximum absolute atomic E-state index is 12.5. The quantitative estimate of drug-likeness (QED) is 0.675. The van der Waals surface area contributed by atoms with Gasteiger partial charge in [-0.3, -0.25) is 19.7 Å². The van der Waals surface area contributed by atoms with Gasteiger partial charge >= 0.3 is 0 Å². The van der Waals surface area contributed by atoms with Crippen molar-refractivity contribution in [1.82, 2.24) is 4.90 Å². The zero-order chi connectivity index (χ0) is 18.5. The number of carbonyl (C=O) groups excluding carboxylic acids is 2. The van der Waals surface area contributed by atoms with Gasteiger partial charge in [0.15, 0.2) is 0 Å². The molecule has 7 nitrogen and oxygen atoms in total. The molecule has 1 N–H and O–H groups in total. The first-order valence-corrected chi connectivity index (χ1v) is 8.44. The first-order chi connectivity index (χ1) is 12.5. The molecule has 0 bridgehead atoms. The number of nitro benzene ring substituents is 1. The summed E-state index contributed by atoms with van der Waals surface area (Å²) < 4.78 is 0. The highest BCUT2D eigenvalue weighted by atomic mass is 16.6. The number of hydrogen-bond donors (Lipinski definition) is 1. The van der Waals surface area contributed by atoms with Crippen molar-refractivity contribution < 1.29 is 14.5 Å². The molecule has 3 rings (SSSR count). The molecular formula is C19H19N3O4. The van der Waals surface area contributed by atoms with Crippen LogP contribution in [0.3, 0.4) is 0 Å². The lowest BCUT2D eigenvalue weighted by Gasteiger charge is -2.31. The molecule has 1 heterocycles. The number of nitrogens with zero attached hydrogens (tertiary/aromatic N) is 2. The van der Waals surface area contributed by atoms with Gasteiger partial charge in [0, 0.05) is 42.4 Å². The van der Waals surface area contributed by atoms with E-state index in [0.29, 0.717) is 31.5 Å². The van der Waals surface area contributed by atoms with Crippen LogP contribution in [0.15, 0.2) is 54.6 Å². The second kappa shape index (κ2) is 7.77. The Morgan fingerprint density at radius 2 is 1.73 bits per heavy atom. The van der Waals surface area contributed by atoms with Gasteiger partial charge in [0.25, 0.3) is 11.6 Å². The third-order valence-electron chi connectivity index (χ3n) is 4.50. The van der Waals surface area contributed by atoms with Crippen LogP contribution < -0.4 is 5.32 Å². The van der Waals surface area contributed by atoms with Gasteiger partial charge in [-0.1, -0.05) is 24.3 Å². The minimum Gasteiger partial charge on any atom is -0.339 e. The van der Waals surface area contributed by atoms with Gasteiger partial charge in [-0.05, 0) is 31.0 Å². The number of rotatable bonds is 4. The Kier molecular flexibility index (Phi) is 5.26. The minimum absolute atomic E-state index is 0.0429. The molecule has 2 amide bonds. The van der Waals surface area contributed by atoms with Crippen molar-refractivity contribution in [3.8, 4) is 0 Å². The van der Waals surface area contributed by atoms with E-state index >= 15 is 0 Å². The first-order valence-electron chi connectivity index (χ1n) is 8.44. The van der Waals surface area contributed by atoms with E-state index in [-0.39, 0.29) is 23.4 Å². The van der Waals surface area contributed by atoms with Crippen LogP contribution in [0, 0.1) is 16.0 Å². The third kappa shape index (κ3) is 4.05. The highest BCUT2D eigenvalue weighted by molar-refractivity contribution is 5.95. The summed E-state index contributed by atoms with van der Waals surface area (Å²) in [5, 5.41) is 13.7. The van der Waals surface area contributed by atoms with Crippen molar-refractivity contribution in [2.75, 3.05) is 18.4 Å². The number of hydrogen-bond acceptors (Lipinski definition) is 4. The highest BCUT2D eigenvalue weighted by Gasteiger charge is 2.28. The standard InChI is InChI=1S/C19H19N3O4/c23-18(20-16-6-2-1-3-7-16)14-9-11-21(12-10-14)19(24)15-5-4-8-17(13-15)22(25)26/h1-8,13-14H,9-12H2,(H,20,23). The molecular weight excluding hydrogens is 334 g/mol. The molecule has 0 unspecified atom stereocenters. The van der Waals surface area contributed by atoms with Crippen molar-refractivity contribution in [3.63, 3.8) is 0 Å². The van der Waals surface area contributed by atoms with Gasteiger partial charge in [-0.15, -0.1) is 0 Å². The molecule has 26 heavy (non-hydrogen) atoms. The fourth-order valence-electron chi connectivity index (χ4n) is 3.05. The van der Waals surface area contributed by atoms with Gasteiger partial charge in [-0.2, -0.15) is 0 Å². The fraction of sp³-hybridized carbons (Fsp3) is 0.263. The molecule has 1 aliphatic rings. The van der Waals surface area contributed by atoms with E-state index in [4.69, 9.17) is 0 Å². The summed E-state index contributed by atoms with van der Waals surface area (Å²) in [7, 11) is 0. The van der Waals surface area contributed by atoms with Crippen molar-refractivity contribution in [1.29, 1.82) is 0 Å². The summed E-state index contributed by atoms with van der Waals surface area (Å²) in [6.07, 6.45) is 1.14.